The number of rotatable bonds is 25. The predicted octanol–water partition coefficient (Wildman–Crippen LogP) is 17.6. The minimum absolute atomic E-state index is 0.0856. The van der Waals surface area contributed by atoms with Crippen LogP contribution in [0.2, 0.25) is 0 Å². The number of aliphatic hydroxyl groups excluding tert-OH is 2. The molecular weight excluding hydrogens is 1470 g/mol. The number of aryl methyl sites for hydroxylation is 3. The summed E-state index contributed by atoms with van der Waals surface area (Å²) in [6.45, 7) is 40.0. The van der Waals surface area contributed by atoms with Crippen LogP contribution in [0.4, 0.5) is 5.82 Å². The zero-order valence-corrected chi connectivity index (χ0v) is 70.9. The molecule has 6 heterocycles. The third kappa shape index (κ3) is 25.3. The third-order valence-electron chi connectivity index (χ3n) is 19.8. The number of aromatic carboxylic acids is 4. The van der Waals surface area contributed by atoms with E-state index in [2.05, 4.69) is 145 Å². The Morgan fingerprint density at radius 2 is 1.07 bits per heavy atom. The van der Waals surface area contributed by atoms with Gasteiger partial charge in [-0.2, -0.15) is 19.6 Å². The quantitative estimate of drug-likeness (QED) is 0.0290. The molecule has 0 spiro atoms. The molecule has 6 aromatic carbocycles. The number of carboxylic acid groups (broad SMARTS) is 4. The first-order valence-electron chi connectivity index (χ1n) is 39.1. The van der Waals surface area contributed by atoms with Crippen LogP contribution in [0.25, 0.3) is 55.1 Å². The van der Waals surface area contributed by atoms with E-state index in [1.165, 1.54) is 15.4 Å². The van der Waals surface area contributed by atoms with E-state index in [4.69, 9.17) is 5.11 Å². The first kappa shape index (κ1) is 91.2. The number of aromatic nitrogens is 8. The summed E-state index contributed by atoms with van der Waals surface area (Å²) in [4.78, 5) is 56.2. The van der Waals surface area contributed by atoms with Crippen molar-refractivity contribution in [2.24, 2.45) is 13.0 Å². The maximum Gasteiger partial charge on any atom is 0.337 e. The van der Waals surface area contributed by atoms with Crippen LogP contribution in [0.1, 0.15) is 211 Å². The Balaban J connectivity index is 0.000000195. The number of fused-ring (bicyclic) bond motifs is 4. The van der Waals surface area contributed by atoms with Gasteiger partial charge in [-0.25, -0.2) is 32.6 Å². The smallest absolute Gasteiger partial charge is 0.337 e. The molecule has 6 N–H and O–H groups in total. The summed E-state index contributed by atoms with van der Waals surface area (Å²) in [5, 5.41) is 73.0. The van der Waals surface area contributed by atoms with Gasteiger partial charge < -0.3 is 49.9 Å². The summed E-state index contributed by atoms with van der Waals surface area (Å²) in [6.07, 6.45) is 8.53. The largest absolute Gasteiger partial charge is 0.508 e. The summed E-state index contributed by atoms with van der Waals surface area (Å²) in [5.74, 6) is -0.521. The van der Waals surface area contributed by atoms with Crippen molar-refractivity contribution in [2.45, 2.75) is 152 Å². The highest BCUT2D eigenvalue weighted by Crippen LogP contribution is 2.32. The normalized spacial score (nSPS) is 12.4. The van der Waals surface area contributed by atoms with Gasteiger partial charge in [0.15, 0.2) is 0 Å². The van der Waals surface area contributed by atoms with Gasteiger partial charge in [-0.05, 0) is 184 Å². The van der Waals surface area contributed by atoms with E-state index >= 15 is 0 Å². The van der Waals surface area contributed by atoms with Crippen molar-refractivity contribution in [3.05, 3.63) is 232 Å². The fraction of sp³-hybridized carbons (Fsp3) is 0.400. The Labute approximate surface area is 677 Å². The van der Waals surface area contributed by atoms with E-state index < -0.39 is 33.9 Å². The zero-order valence-electron chi connectivity index (χ0n) is 70.1. The van der Waals surface area contributed by atoms with E-state index in [-0.39, 0.29) is 34.7 Å². The molecular formula is C90H118N12O12S. The first-order valence-corrected chi connectivity index (χ1v) is 40.7. The highest BCUT2D eigenvalue weighted by molar-refractivity contribution is 7.89. The minimum Gasteiger partial charge on any atom is -0.508 e. The van der Waals surface area contributed by atoms with Gasteiger partial charge in [-0.1, -0.05) is 151 Å². The Hall–Kier alpha value is -11.0. The number of pyridine rings is 1. The van der Waals surface area contributed by atoms with E-state index in [0.717, 1.165) is 110 Å². The van der Waals surface area contributed by atoms with Gasteiger partial charge >= 0.3 is 23.9 Å². The van der Waals surface area contributed by atoms with Crippen LogP contribution in [0.3, 0.4) is 0 Å². The van der Waals surface area contributed by atoms with Gasteiger partial charge in [-0.15, -0.1) is 0 Å². The van der Waals surface area contributed by atoms with Gasteiger partial charge in [0.2, 0.25) is 10.0 Å². The monoisotopic (exact) mass is 1590 g/mol. The minimum atomic E-state index is -3.34. The topological polar surface area (TPSA) is 308 Å². The molecule has 1 aliphatic rings. The number of hydrogen-bond acceptors (Lipinski definition) is 15. The summed E-state index contributed by atoms with van der Waals surface area (Å²) in [6, 6.07) is 37.7. The van der Waals surface area contributed by atoms with Crippen molar-refractivity contribution in [1.29, 1.82) is 0 Å². The van der Waals surface area contributed by atoms with E-state index in [1.54, 1.807) is 42.6 Å². The summed E-state index contributed by atoms with van der Waals surface area (Å²) < 4.78 is 34.5. The number of benzene rings is 6. The molecule has 5 aromatic heterocycles. The molecule has 0 bridgehead atoms. The summed E-state index contributed by atoms with van der Waals surface area (Å²) >= 11 is 0. The summed E-state index contributed by atoms with van der Waals surface area (Å²) in [7, 11) is 6.55. The molecule has 11 aromatic rings. The Bertz CT molecular complexity index is 5270. The van der Waals surface area contributed by atoms with Crippen molar-refractivity contribution >= 4 is 94.8 Å². The lowest BCUT2D eigenvalue weighted by Crippen LogP contribution is -2.49. The zero-order chi connectivity index (χ0) is 85.0. The summed E-state index contributed by atoms with van der Waals surface area (Å²) in [5.41, 5.74) is 13.7. The first-order chi connectivity index (χ1) is 54.2. The Morgan fingerprint density at radius 3 is 1.61 bits per heavy atom. The molecule has 12 rings (SSSR count). The highest BCUT2D eigenvalue weighted by Gasteiger charge is 2.29. The SMILES string of the molecule is C=C(O)c1cc(C(C)C)cc2c1cnn2CC.C=C(O)c1ccc(C(C)C)cc1.CC(C)Cc1cc(C(=O)O)cc(N2CCN(S(=O)(=O)CCc3ccccc3)CC2)n1.CC(C)c1cc(C(=O)O)c2c(ccn2C)c1.CC(C)c1cc(C(=O)O)c2cn(CCN(C)C)nc2c1.CC(C)c1cc(C(=O)O)cc2c1cnn2CCN(C)C. The number of hydrogen-bond donors (Lipinski definition) is 6. The lowest BCUT2D eigenvalue weighted by Gasteiger charge is -2.35. The molecule has 1 fully saturated rings. The molecule has 0 aliphatic carbocycles. The maximum absolute atomic E-state index is 12.7. The van der Waals surface area contributed by atoms with Gasteiger partial charge in [0.1, 0.15) is 17.3 Å². The van der Waals surface area contributed by atoms with Crippen LogP contribution < -0.4 is 4.90 Å². The molecule has 616 valence electrons. The number of aliphatic hydroxyl groups is 2. The van der Waals surface area contributed by atoms with Crippen LogP contribution in [-0.4, -0.2) is 189 Å². The number of nitrogens with zero attached hydrogens (tertiary/aromatic N) is 12. The van der Waals surface area contributed by atoms with Crippen LogP contribution in [0.5, 0.6) is 0 Å². The molecule has 0 unspecified atom stereocenters. The van der Waals surface area contributed by atoms with Gasteiger partial charge in [-0.3, -0.25) is 14.0 Å². The Kier molecular flexibility index (Phi) is 32.8. The molecule has 0 radical (unpaired) electrons. The van der Waals surface area contributed by atoms with Crippen LogP contribution in [0, 0.1) is 5.92 Å². The number of carbonyl (C=O) groups is 4. The third-order valence-corrected chi connectivity index (χ3v) is 21.7. The second-order valence-electron chi connectivity index (χ2n) is 31.5. The van der Waals surface area contributed by atoms with Crippen LogP contribution in [0.15, 0.2) is 159 Å². The fourth-order valence-corrected chi connectivity index (χ4v) is 14.5. The molecule has 1 saturated heterocycles. The van der Waals surface area contributed by atoms with Crippen molar-refractivity contribution in [1.82, 2.24) is 53.0 Å². The number of anilines is 1. The molecule has 24 nitrogen and oxygen atoms in total. The molecule has 1 aliphatic heterocycles. The van der Waals surface area contributed by atoms with Crippen molar-refractivity contribution in [3.63, 3.8) is 0 Å². The van der Waals surface area contributed by atoms with Crippen LogP contribution in [-0.2, 0) is 49.5 Å². The average molecular weight is 1590 g/mol. The van der Waals surface area contributed by atoms with E-state index in [0.29, 0.717) is 90.6 Å². The number of likely N-dealkylation sites (N-methyl/N-ethyl adjacent to an activating group) is 2. The molecule has 115 heavy (non-hydrogen) atoms. The number of sulfonamides is 1. The molecule has 0 saturated carbocycles. The fourth-order valence-electron chi connectivity index (χ4n) is 13.0. The maximum atomic E-state index is 12.7. The lowest BCUT2D eigenvalue weighted by atomic mass is 9.97. The van der Waals surface area contributed by atoms with Crippen molar-refractivity contribution < 1.29 is 58.2 Å². The van der Waals surface area contributed by atoms with E-state index in [1.807, 2.05) is 150 Å². The number of carboxylic acids is 4. The van der Waals surface area contributed by atoms with Crippen LogP contribution >= 0.6 is 0 Å². The molecule has 0 atom stereocenters. The van der Waals surface area contributed by atoms with Crippen molar-refractivity contribution in [2.75, 3.05) is 78.1 Å². The second kappa shape index (κ2) is 41.3. The number of piperazine rings is 1. The molecule has 0 amide bonds. The lowest BCUT2D eigenvalue weighted by molar-refractivity contribution is 0.0686. The van der Waals surface area contributed by atoms with E-state index in [9.17, 15) is 53.1 Å². The predicted molar refractivity (Wildman–Crippen MR) is 463 cm³/mol. The van der Waals surface area contributed by atoms with Gasteiger partial charge in [0.25, 0.3) is 0 Å². The standard InChI is InChI=1S/C22H29N3O4S.2C15H21N3O2.C14H18N2O.C13H15NO2.C11H14O/c1-17(2)14-20-15-19(22(26)27)16-21(23-20)24-9-11-25(12-10-24)30(28,29)13-8-18-6-4-3-5-7-18;1-10(2)12-7-11(15(19)20)8-14-13(12)9-16-18(14)6-5-17(3)4;1-10(2)11-7-12(15(19)20)13-9-18(6-5-17(3)4)16-14(13)8-11;1-5-16-14-7-11(9(2)3)6-12(10(4)17)13(14)8-15-16;1-8(2)10-6-9-4-5-14(3)12(9)11(7-10)13(15)16;1-8(2)10-4-6-11(7-5-10)9(3)12/h3-7,15-17H,8-14H2,1-2H3,(H,26,27);2*7-10H,5-6H2,1-4H3,(H,19,20);6-9,17H,4-5H2,1-3H3;4-8H,1-3H3,(H,15,16);4-8,12H,3H2,1-2H3. The average Bonchev–Trinajstić information content (AvgIpc) is 1.73. The second-order valence-corrected chi connectivity index (χ2v) is 33.6. The Morgan fingerprint density at radius 1 is 0.530 bits per heavy atom. The van der Waals surface area contributed by atoms with Gasteiger partial charge in [0, 0.05) is 104 Å². The van der Waals surface area contributed by atoms with Gasteiger partial charge in [0.05, 0.1) is 75.6 Å². The highest BCUT2D eigenvalue weighted by atomic mass is 32.2. The van der Waals surface area contributed by atoms with Crippen molar-refractivity contribution in [3.8, 4) is 0 Å². The molecule has 25 heteroatoms.